The van der Waals surface area contributed by atoms with Gasteiger partial charge >= 0.3 is 0 Å². The number of hydrogen-bond acceptors (Lipinski definition) is 3. The molecule has 22 heavy (non-hydrogen) atoms. The molecule has 1 saturated carbocycles. The molecule has 1 aliphatic heterocycles. The Morgan fingerprint density at radius 1 is 1.14 bits per heavy atom. The van der Waals surface area contributed by atoms with Gasteiger partial charge in [-0.1, -0.05) is 30.3 Å². The van der Waals surface area contributed by atoms with E-state index in [1.165, 1.54) is 24.2 Å². The van der Waals surface area contributed by atoms with E-state index in [-0.39, 0.29) is 5.91 Å². The van der Waals surface area contributed by atoms with Gasteiger partial charge in [0, 0.05) is 30.7 Å². The SMILES string of the molecule is O=C(NC1CCN(C2CC2)C1)c1sccc1-c1ccccc1. The van der Waals surface area contributed by atoms with E-state index in [1.807, 2.05) is 29.6 Å². The molecule has 3 nitrogen and oxygen atoms in total. The van der Waals surface area contributed by atoms with Crippen molar-refractivity contribution >= 4 is 17.2 Å². The fraction of sp³-hybridized carbons (Fsp3) is 0.389. The van der Waals surface area contributed by atoms with Gasteiger partial charge in [-0.15, -0.1) is 11.3 Å². The van der Waals surface area contributed by atoms with Gasteiger partial charge in [0.05, 0.1) is 4.88 Å². The van der Waals surface area contributed by atoms with E-state index in [4.69, 9.17) is 0 Å². The van der Waals surface area contributed by atoms with Crippen molar-refractivity contribution < 1.29 is 4.79 Å². The van der Waals surface area contributed by atoms with Crippen LogP contribution >= 0.6 is 11.3 Å². The number of thiophene rings is 1. The highest BCUT2D eigenvalue weighted by Gasteiger charge is 2.35. The minimum Gasteiger partial charge on any atom is -0.347 e. The van der Waals surface area contributed by atoms with Crippen LogP contribution < -0.4 is 5.32 Å². The van der Waals surface area contributed by atoms with Crippen LogP contribution in [0.3, 0.4) is 0 Å². The Morgan fingerprint density at radius 3 is 2.73 bits per heavy atom. The second-order valence-electron chi connectivity index (χ2n) is 6.21. The van der Waals surface area contributed by atoms with Gasteiger partial charge in [0.1, 0.15) is 0 Å². The van der Waals surface area contributed by atoms with Gasteiger partial charge in [0.25, 0.3) is 5.91 Å². The molecular formula is C18H20N2OS. The largest absolute Gasteiger partial charge is 0.347 e. The van der Waals surface area contributed by atoms with Gasteiger partial charge in [-0.05, 0) is 36.3 Å². The molecule has 1 saturated heterocycles. The minimum absolute atomic E-state index is 0.0801. The summed E-state index contributed by atoms with van der Waals surface area (Å²) in [5.74, 6) is 0.0801. The summed E-state index contributed by atoms with van der Waals surface area (Å²) in [7, 11) is 0. The van der Waals surface area contributed by atoms with E-state index in [2.05, 4.69) is 22.3 Å². The Balaban J connectivity index is 1.46. The fourth-order valence-electron chi connectivity index (χ4n) is 3.26. The number of nitrogens with zero attached hydrogens (tertiary/aromatic N) is 1. The minimum atomic E-state index is 0.0801. The van der Waals surface area contributed by atoms with Crippen LogP contribution in [0.4, 0.5) is 0 Å². The lowest BCUT2D eigenvalue weighted by molar-refractivity contribution is 0.0942. The van der Waals surface area contributed by atoms with Crippen LogP contribution in [0.2, 0.25) is 0 Å². The Hall–Kier alpha value is -1.65. The van der Waals surface area contributed by atoms with E-state index >= 15 is 0 Å². The van der Waals surface area contributed by atoms with Gasteiger partial charge < -0.3 is 5.32 Å². The Bertz CT molecular complexity index is 663. The van der Waals surface area contributed by atoms with Crippen LogP contribution in [0, 0.1) is 0 Å². The average Bonchev–Trinajstić information content (AvgIpc) is 3.10. The summed E-state index contributed by atoms with van der Waals surface area (Å²) >= 11 is 1.53. The molecule has 1 aliphatic carbocycles. The van der Waals surface area contributed by atoms with Crippen LogP contribution in [-0.2, 0) is 0 Å². The van der Waals surface area contributed by atoms with Crippen molar-refractivity contribution in [2.24, 2.45) is 0 Å². The third kappa shape index (κ3) is 2.81. The van der Waals surface area contributed by atoms with E-state index in [1.54, 1.807) is 0 Å². The van der Waals surface area contributed by atoms with Gasteiger partial charge in [-0.2, -0.15) is 0 Å². The van der Waals surface area contributed by atoms with Crippen molar-refractivity contribution in [2.75, 3.05) is 13.1 Å². The summed E-state index contributed by atoms with van der Waals surface area (Å²) in [5.41, 5.74) is 2.15. The summed E-state index contributed by atoms with van der Waals surface area (Å²) in [5, 5.41) is 5.24. The first-order valence-corrected chi connectivity index (χ1v) is 8.87. The lowest BCUT2D eigenvalue weighted by Gasteiger charge is -2.15. The summed E-state index contributed by atoms with van der Waals surface area (Å²) in [6.45, 7) is 2.15. The predicted molar refractivity (Wildman–Crippen MR) is 90.2 cm³/mol. The highest BCUT2D eigenvalue weighted by atomic mass is 32.1. The zero-order chi connectivity index (χ0) is 14.9. The highest BCUT2D eigenvalue weighted by molar-refractivity contribution is 7.12. The number of benzene rings is 1. The van der Waals surface area contributed by atoms with Crippen molar-refractivity contribution in [2.45, 2.75) is 31.3 Å². The summed E-state index contributed by atoms with van der Waals surface area (Å²) in [6.07, 6.45) is 3.75. The molecule has 1 amide bonds. The van der Waals surface area contributed by atoms with Crippen LogP contribution in [0.25, 0.3) is 11.1 Å². The van der Waals surface area contributed by atoms with Gasteiger partial charge in [0.15, 0.2) is 0 Å². The number of likely N-dealkylation sites (tertiary alicyclic amines) is 1. The molecule has 1 unspecified atom stereocenters. The van der Waals surface area contributed by atoms with Crippen molar-refractivity contribution in [3.8, 4) is 11.1 Å². The molecule has 0 radical (unpaired) electrons. The Morgan fingerprint density at radius 2 is 1.95 bits per heavy atom. The second kappa shape index (κ2) is 5.86. The third-order valence-corrected chi connectivity index (χ3v) is 5.49. The molecule has 2 heterocycles. The van der Waals surface area contributed by atoms with Crippen LogP contribution in [-0.4, -0.2) is 36.0 Å². The van der Waals surface area contributed by atoms with Crippen LogP contribution in [0.1, 0.15) is 28.9 Å². The fourth-order valence-corrected chi connectivity index (χ4v) is 4.08. The standard InChI is InChI=1S/C18H20N2OS/c21-18(19-14-8-10-20(12-14)15-6-7-15)17-16(9-11-22-17)13-4-2-1-3-5-13/h1-5,9,11,14-15H,6-8,10,12H2,(H,19,21). The van der Waals surface area contributed by atoms with Crippen LogP contribution in [0.15, 0.2) is 41.8 Å². The molecule has 4 heteroatoms. The maximum atomic E-state index is 12.6. The molecule has 2 fully saturated rings. The first-order valence-electron chi connectivity index (χ1n) is 7.99. The zero-order valence-corrected chi connectivity index (χ0v) is 13.3. The first-order chi connectivity index (χ1) is 10.8. The van der Waals surface area contributed by atoms with E-state index in [0.717, 1.165) is 41.6 Å². The average molecular weight is 312 g/mol. The van der Waals surface area contributed by atoms with Crippen LogP contribution in [0.5, 0.6) is 0 Å². The number of hydrogen-bond donors (Lipinski definition) is 1. The third-order valence-electron chi connectivity index (χ3n) is 4.57. The maximum absolute atomic E-state index is 12.6. The molecule has 114 valence electrons. The van der Waals surface area contributed by atoms with Crippen molar-refractivity contribution in [1.29, 1.82) is 0 Å². The monoisotopic (exact) mass is 312 g/mol. The topological polar surface area (TPSA) is 32.3 Å². The first kappa shape index (κ1) is 14.0. The lowest BCUT2D eigenvalue weighted by atomic mass is 10.1. The number of rotatable bonds is 4. The van der Waals surface area contributed by atoms with Crippen molar-refractivity contribution in [1.82, 2.24) is 10.2 Å². The molecule has 2 aliphatic rings. The normalized spacial score (nSPS) is 21.9. The lowest BCUT2D eigenvalue weighted by Crippen LogP contribution is -2.37. The number of carbonyl (C=O) groups is 1. The Kier molecular flexibility index (Phi) is 3.72. The Labute approximate surface area is 135 Å². The summed E-state index contributed by atoms with van der Waals surface area (Å²) in [6, 6.07) is 13.3. The molecule has 1 aromatic carbocycles. The van der Waals surface area contributed by atoms with Gasteiger partial charge in [-0.25, -0.2) is 0 Å². The van der Waals surface area contributed by atoms with E-state index in [0.29, 0.717) is 6.04 Å². The summed E-state index contributed by atoms with van der Waals surface area (Å²) < 4.78 is 0. The van der Waals surface area contributed by atoms with Gasteiger partial charge in [-0.3, -0.25) is 9.69 Å². The number of amides is 1. The quantitative estimate of drug-likeness (QED) is 0.938. The molecule has 0 bridgehead atoms. The smallest absolute Gasteiger partial charge is 0.262 e. The van der Waals surface area contributed by atoms with Crippen molar-refractivity contribution in [3.63, 3.8) is 0 Å². The molecule has 1 atom stereocenters. The molecular weight excluding hydrogens is 292 g/mol. The van der Waals surface area contributed by atoms with Gasteiger partial charge in [0.2, 0.25) is 0 Å². The number of carbonyl (C=O) groups excluding carboxylic acids is 1. The predicted octanol–water partition coefficient (Wildman–Crippen LogP) is 3.38. The molecule has 1 N–H and O–H groups in total. The molecule has 2 aromatic rings. The highest BCUT2D eigenvalue weighted by Crippen LogP contribution is 2.31. The zero-order valence-electron chi connectivity index (χ0n) is 12.5. The molecule has 0 spiro atoms. The van der Waals surface area contributed by atoms with E-state index < -0.39 is 0 Å². The molecule has 4 rings (SSSR count). The maximum Gasteiger partial charge on any atom is 0.262 e. The number of nitrogens with one attached hydrogen (secondary N) is 1. The van der Waals surface area contributed by atoms with E-state index in [9.17, 15) is 4.79 Å². The second-order valence-corrected chi connectivity index (χ2v) is 7.13. The summed E-state index contributed by atoms with van der Waals surface area (Å²) in [4.78, 5) is 16.0. The van der Waals surface area contributed by atoms with Crippen molar-refractivity contribution in [3.05, 3.63) is 46.7 Å². The molecule has 1 aromatic heterocycles.